The average molecular weight is 346 g/mol. The average Bonchev–Trinajstić information content (AvgIpc) is 3.36. The first-order chi connectivity index (χ1) is 12.7. The summed E-state index contributed by atoms with van der Waals surface area (Å²) in [5.41, 5.74) is 1.54. The number of nitriles is 1. The smallest absolute Gasteiger partial charge is 0.254 e. The Morgan fingerprint density at radius 2 is 2.15 bits per heavy atom. The third kappa shape index (κ3) is 2.28. The zero-order valence-corrected chi connectivity index (χ0v) is 14.4. The minimum Gasteiger partial charge on any atom is -0.354 e. The number of aryl methyl sites for hydroxylation is 1. The summed E-state index contributed by atoms with van der Waals surface area (Å²) in [5.74, 6) is 3.24. The molecule has 2 aliphatic rings. The first-order valence-corrected chi connectivity index (χ1v) is 8.78. The highest BCUT2D eigenvalue weighted by Crippen LogP contribution is 2.36. The number of hydrogen-bond donors (Lipinski definition) is 0. The van der Waals surface area contributed by atoms with Crippen LogP contribution in [0, 0.1) is 24.2 Å². The minimum atomic E-state index is 0.418. The molecule has 2 saturated heterocycles. The molecule has 0 radical (unpaired) electrons. The summed E-state index contributed by atoms with van der Waals surface area (Å²) in [4.78, 5) is 17.9. The second kappa shape index (κ2) is 5.66. The predicted molar refractivity (Wildman–Crippen MR) is 95.9 cm³/mol. The van der Waals surface area contributed by atoms with E-state index in [1.54, 1.807) is 12.5 Å². The lowest BCUT2D eigenvalue weighted by atomic mass is 10.1. The van der Waals surface area contributed by atoms with Crippen molar-refractivity contribution in [3.8, 4) is 6.07 Å². The van der Waals surface area contributed by atoms with Gasteiger partial charge < -0.3 is 9.80 Å². The molecular formula is C18H18N8. The standard InChI is InChI=1S/C18H18N8/c1-12-6-17(26-18(23-12)21-11-22-26)25-5-4-14-9-24(10-15(14)25)16-3-2-13(7-19)8-20-16/h2-3,6,8,11,14-15H,4-5,9-10H2,1H3. The molecule has 0 saturated carbocycles. The van der Waals surface area contributed by atoms with Gasteiger partial charge >= 0.3 is 0 Å². The molecule has 2 unspecified atom stereocenters. The van der Waals surface area contributed by atoms with Gasteiger partial charge in [0.05, 0.1) is 11.6 Å². The fourth-order valence-corrected chi connectivity index (χ4v) is 4.19. The maximum atomic E-state index is 8.95. The van der Waals surface area contributed by atoms with E-state index in [4.69, 9.17) is 5.26 Å². The van der Waals surface area contributed by atoms with Crippen molar-refractivity contribution in [2.24, 2.45) is 5.92 Å². The molecule has 0 aliphatic carbocycles. The fraction of sp³-hybridized carbons (Fsp3) is 0.389. The van der Waals surface area contributed by atoms with Crippen LogP contribution >= 0.6 is 0 Å². The summed E-state index contributed by atoms with van der Waals surface area (Å²) in [6.45, 7) is 4.92. The van der Waals surface area contributed by atoms with Gasteiger partial charge in [0.15, 0.2) is 0 Å². The highest BCUT2D eigenvalue weighted by Gasteiger charge is 2.42. The van der Waals surface area contributed by atoms with Crippen LogP contribution in [0.3, 0.4) is 0 Å². The van der Waals surface area contributed by atoms with Crippen LogP contribution in [0.2, 0.25) is 0 Å². The van der Waals surface area contributed by atoms with Crippen molar-refractivity contribution in [1.29, 1.82) is 5.26 Å². The van der Waals surface area contributed by atoms with E-state index in [2.05, 4.69) is 42.0 Å². The lowest BCUT2D eigenvalue weighted by molar-refractivity contribution is 0.577. The number of aromatic nitrogens is 5. The third-order valence-corrected chi connectivity index (χ3v) is 5.40. The van der Waals surface area contributed by atoms with Crippen molar-refractivity contribution in [2.45, 2.75) is 19.4 Å². The molecule has 0 amide bonds. The van der Waals surface area contributed by atoms with Crippen LogP contribution in [0.15, 0.2) is 30.7 Å². The Labute approximate surface area is 150 Å². The summed E-state index contributed by atoms with van der Waals surface area (Å²) in [5, 5.41) is 13.3. The zero-order valence-electron chi connectivity index (χ0n) is 14.4. The number of anilines is 2. The van der Waals surface area contributed by atoms with Crippen molar-refractivity contribution >= 4 is 17.4 Å². The molecule has 3 aromatic rings. The topological polar surface area (TPSA) is 86.2 Å². The van der Waals surface area contributed by atoms with Gasteiger partial charge in [-0.1, -0.05) is 0 Å². The Morgan fingerprint density at radius 1 is 1.23 bits per heavy atom. The van der Waals surface area contributed by atoms with E-state index in [9.17, 15) is 0 Å². The van der Waals surface area contributed by atoms with Gasteiger partial charge in [-0.2, -0.15) is 19.9 Å². The van der Waals surface area contributed by atoms with E-state index in [-0.39, 0.29) is 0 Å². The van der Waals surface area contributed by atoms with Crippen LogP contribution < -0.4 is 9.80 Å². The number of nitrogens with zero attached hydrogens (tertiary/aromatic N) is 8. The Kier molecular flexibility index (Phi) is 3.28. The summed E-state index contributed by atoms with van der Waals surface area (Å²) in [6, 6.07) is 8.40. The van der Waals surface area contributed by atoms with E-state index >= 15 is 0 Å². The van der Waals surface area contributed by atoms with Crippen molar-refractivity contribution in [3.63, 3.8) is 0 Å². The van der Waals surface area contributed by atoms with Crippen molar-refractivity contribution in [3.05, 3.63) is 42.0 Å². The molecule has 5 heterocycles. The number of pyridine rings is 1. The van der Waals surface area contributed by atoms with E-state index in [0.29, 0.717) is 23.3 Å². The van der Waals surface area contributed by atoms with Gasteiger partial charge in [0.1, 0.15) is 24.0 Å². The summed E-state index contributed by atoms with van der Waals surface area (Å²) in [7, 11) is 0. The maximum absolute atomic E-state index is 8.95. The fourth-order valence-electron chi connectivity index (χ4n) is 4.19. The van der Waals surface area contributed by atoms with Crippen molar-refractivity contribution < 1.29 is 0 Å². The monoisotopic (exact) mass is 346 g/mol. The maximum Gasteiger partial charge on any atom is 0.254 e. The predicted octanol–water partition coefficient (Wildman–Crippen LogP) is 1.41. The highest BCUT2D eigenvalue weighted by atomic mass is 15.4. The van der Waals surface area contributed by atoms with Crippen molar-refractivity contribution in [2.75, 3.05) is 29.4 Å². The normalized spacial score (nSPS) is 22.0. The van der Waals surface area contributed by atoms with Gasteiger partial charge in [-0.15, -0.1) is 0 Å². The van der Waals surface area contributed by atoms with Crippen LogP contribution in [-0.4, -0.2) is 50.2 Å². The second-order valence-corrected chi connectivity index (χ2v) is 6.96. The summed E-state index contributed by atoms with van der Waals surface area (Å²) >= 11 is 0. The van der Waals surface area contributed by atoms with Crippen LogP contribution in [0.1, 0.15) is 17.7 Å². The molecule has 2 atom stereocenters. The minimum absolute atomic E-state index is 0.418. The Balaban J connectivity index is 1.45. The molecule has 26 heavy (non-hydrogen) atoms. The van der Waals surface area contributed by atoms with E-state index in [0.717, 1.165) is 43.4 Å². The quantitative estimate of drug-likeness (QED) is 0.693. The van der Waals surface area contributed by atoms with E-state index in [1.807, 2.05) is 23.6 Å². The van der Waals surface area contributed by atoms with E-state index < -0.39 is 0 Å². The van der Waals surface area contributed by atoms with Crippen LogP contribution in [0.25, 0.3) is 5.78 Å². The summed E-state index contributed by atoms with van der Waals surface area (Å²) < 4.78 is 1.83. The molecule has 0 bridgehead atoms. The van der Waals surface area contributed by atoms with Gasteiger partial charge in [0.2, 0.25) is 0 Å². The van der Waals surface area contributed by atoms with Gasteiger partial charge in [-0.3, -0.25) is 0 Å². The highest BCUT2D eigenvalue weighted by molar-refractivity contribution is 5.52. The Bertz CT molecular complexity index is 1000. The molecule has 130 valence electrons. The molecule has 5 rings (SSSR count). The molecule has 0 N–H and O–H groups in total. The van der Waals surface area contributed by atoms with E-state index in [1.165, 1.54) is 0 Å². The first-order valence-electron chi connectivity index (χ1n) is 8.78. The molecule has 8 heteroatoms. The zero-order chi connectivity index (χ0) is 17.7. The third-order valence-electron chi connectivity index (χ3n) is 5.40. The molecular weight excluding hydrogens is 328 g/mol. The van der Waals surface area contributed by atoms with Crippen LogP contribution in [-0.2, 0) is 0 Å². The first kappa shape index (κ1) is 15.1. The Morgan fingerprint density at radius 3 is 2.96 bits per heavy atom. The number of fused-ring (bicyclic) bond motifs is 2. The lowest BCUT2D eigenvalue weighted by Gasteiger charge is -2.27. The van der Waals surface area contributed by atoms with Gasteiger partial charge in [-0.05, 0) is 25.5 Å². The Hall–Kier alpha value is -3.21. The largest absolute Gasteiger partial charge is 0.354 e. The number of hydrogen-bond acceptors (Lipinski definition) is 7. The van der Waals surface area contributed by atoms with Gasteiger partial charge in [-0.25, -0.2) is 9.97 Å². The van der Waals surface area contributed by atoms with Crippen molar-refractivity contribution in [1.82, 2.24) is 24.6 Å². The van der Waals surface area contributed by atoms with Crippen LogP contribution in [0.4, 0.5) is 11.6 Å². The molecule has 3 aromatic heterocycles. The molecule has 2 fully saturated rings. The molecule has 0 spiro atoms. The second-order valence-electron chi connectivity index (χ2n) is 6.96. The van der Waals surface area contributed by atoms with Gasteiger partial charge in [0, 0.05) is 43.5 Å². The summed E-state index contributed by atoms with van der Waals surface area (Å²) in [6.07, 6.45) is 4.35. The van der Waals surface area contributed by atoms with Gasteiger partial charge in [0.25, 0.3) is 5.78 Å². The van der Waals surface area contributed by atoms with Crippen LogP contribution in [0.5, 0.6) is 0 Å². The lowest BCUT2D eigenvalue weighted by Crippen LogP contribution is -2.36. The number of rotatable bonds is 2. The molecule has 8 nitrogen and oxygen atoms in total. The molecule has 2 aliphatic heterocycles. The molecule has 0 aromatic carbocycles. The SMILES string of the molecule is Cc1cc(N2CCC3CN(c4ccc(C#N)cn4)CC32)n2ncnc2n1.